The first kappa shape index (κ1) is 14.9. The van der Waals surface area contributed by atoms with Crippen LogP contribution in [0.5, 0.6) is 0 Å². The fourth-order valence-corrected chi connectivity index (χ4v) is 2.84. The van der Waals surface area contributed by atoms with Gasteiger partial charge in [0.25, 0.3) is 0 Å². The minimum atomic E-state index is -0.685. The summed E-state index contributed by atoms with van der Waals surface area (Å²) in [7, 11) is 1.54. The van der Waals surface area contributed by atoms with Crippen molar-refractivity contribution in [3.8, 4) is 0 Å². The van der Waals surface area contributed by atoms with Gasteiger partial charge in [-0.25, -0.2) is 0 Å². The van der Waals surface area contributed by atoms with E-state index in [4.69, 9.17) is 9.47 Å². The molecule has 3 rings (SSSR count). The van der Waals surface area contributed by atoms with Gasteiger partial charge in [-0.2, -0.15) is 0 Å². The molecule has 1 aliphatic heterocycles. The van der Waals surface area contributed by atoms with Gasteiger partial charge in [0.05, 0.1) is 6.61 Å². The molecule has 0 unspecified atom stereocenters. The molecule has 1 N–H and O–H groups in total. The minimum absolute atomic E-state index is 0.0592. The van der Waals surface area contributed by atoms with Crippen LogP contribution in [0.1, 0.15) is 27.6 Å². The molecule has 1 fully saturated rings. The maximum absolute atomic E-state index is 12.7. The van der Waals surface area contributed by atoms with E-state index in [2.05, 4.69) is 0 Å². The second-order valence-electron chi connectivity index (χ2n) is 5.30. The number of benzene rings is 2. The summed E-state index contributed by atoms with van der Waals surface area (Å²) in [4.78, 5) is 12.7. The topological polar surface area (TPSA) is 55.8 Å². The van der Waals surface area contributed by atoms with Crippen LogP contribution < -0.4 is 0 Å². The van der Waals surface area contributed by atoms with E-state index in [1.165, 1.54) is 7.11 Å². The molecule has 1 saturated heterocycles. The molecule has 22 heavy (non-hydrogen) atoms. The molecular formula is C18H18O4. The average Bonchev–Trinajstić information content (AvgIpc) is 2.95. The molecule has 1 heterocycles. The van der Waals surface area contributed by atoms with Crippen molar-refractivity contribution in [3.05, 3.63) is 71.3 Å². The molecule has 114 valence electrons. The Balaban J connectivity index is 1.99. The molecule has 2 aromatic rings. The Bertz CT molecular complexity index is 653. The molecule has 0 aliphatic carbocycles. The number of rotatable bonds is 4. The van der Waals surface area contributed by atoms with Crippen LogP contribution in [-0.2, 0) is 9.47 Å². The third-order valence-electron chi connectivity index (χ3n) is 3.94. The summed E-state index contributed by atoms with van der Waals surface area (Å²) in [6.07, 6.45) is -1.59. The molecule has 4 heteroatoms. The average molecular weight is 298 g/mol. The highest BCUT2D eigenvalue weighted by Crippen LogP contribution is 2.34. The highest BCUT2D eigenvalue weighted by molar-refractivity contribution is 6.10. The third-order valence-corrected chi connectivity index (χ3v) is 3.94. The van der Waals surface area contributed by atoms with Crippen molar-refractivity contribution in [2.75, 3.05) is 13.7 Å². The standard InChI is InChI=1S/C18H18O4/c1-21-18-15(19)11-22-17(18)14-10-6-5-9-13(14)16(20)12-7-3-2-4-8-12/h2-10,15,17-19H,11H2,1H3/t15-,17+,18-/m0/s1. The molecule has 2 aromatic carbocycles. The third kappa shape index (κ3) is 2.68. The Hall–Kier alpha value is -2.01. The van der Waals surface area contributed by atoms with Gasteiger partial charge in [-0.3, -0.25) is 4.79 Å². The number of aliphatic hydroxyl groups excluding tert-OH is 1. The first-order chi connectivity index (χ1) is 10.7. The minimum Gasteiger partial charge on any atom is -0.388 e. The largest absolute Gasteiger partial charge is 0.388 e. The Morgan fingerprint density at radius 1 is 1.14 bits per heavy atom. The predicted molar refractivity (Wildman–Crippen MR) is 81.8 cm³/mol. The van der Waals surface area contributed by atoms with E-state index < -0.39 is 18.3 Å². The van der Waals surface area contributed by atoms with Gasteiger partial charge < -0.3 is 14.6 Å². The summed E-state index contributed by atoms with van der Waals surface area (Å²) in [5.74, 6) is -0.0592. The van der Waals surface area contributed by atoms with E-state index in [0.717, 1.165) is 5.56 Å². The van der Waals surface area contributed by atoms with Crippen LogP contribution in [0.4, 0.5) is 0 Å². The van der Waals surface area contributed by atoms with Gasteiger partial charge in [0.15, 0.2) is 5.78 Å². The van der Waals surface area contributed by atoms with Crippen molar-refractivity contribution in [2.24, 2.45) is 0 Å². The molecule has 0 saturated carbocycles. The van der Waals surface area contributed by atoms with Gasteiger partial charge in [-0.1, -0.05) is 54.6 Å². The molecular weight excluding hydrogens is 280 g/mol. The second kappa shape index (κ2) is 6.40. The summed E-state index contributed by atoms with van der Waals surface area (Å²) in [5, 5.41) is 9.93. The second-order valence-corrected chi connectivity index (χ2v) is 5.30. The molecule has 0 aromatic heterocycles. The summed E-state index contributed by atoms with van der Waals surface area (Å²) < 4.78 is 11.0. The zero-order valence-corrected chi connectivity index (χ0v) is 12.3. The molecule has 3 atom stereocenters. The maximum atomic E-state index is 12.7. The molecule has 4 nitrogen and oxygen atoms in total. The lowest BCUT2D eigenvalue weighted by Crippen LogP contribution is -2.28. The Labute approximate surface area is 129 Å². The quantitative estimate of drug-likeness (QED) is 0.880. The van der Waals surface area contributed by atoms with Gasteiger partial charge in [0, 0.05) is 18.2 Å². The number of carbonyl (C=O) groups excluding carboxylic acids is 1. The van der Waals surface area contributed by atoms with E-state index >= 15 is 0 Å². The zero-order chi connectivity index (χ0) is 15.5. The fourth-order valence-electron chi connectivity index (χ4n) is 2.84. The van der Waals surface area contributed by atoms with E-state index in [1.807, 2.05) is 36.4 Å². The number of hydrogen-bond acceptors (Lipinski definition) is 4. The maximum Gasteiger partial charge on any atom is 0.193 e. The first-order valence-corrected chi connectivity index (χ1v) is 7.23. The zero-order valence-electron chi connectivity index (χ0n) is 12.3. The van der Waals surface area contributed by atoms with Crippen LogP contribution in [0.15, 0.2) is 54.6 Å². The van der Waals surface area contributed by atoms with Crippen LogP contribution >= 0.6 is 0 Å². The van der Waals surface area contributed by atoms with Gasteiger partial charge >= 0.3 is 0 Å². The van der Waals surface area contributed by atoms with Crippen LogP contribution in [0.2, 0.25) is 0 Å². The molecule has 0 spiro atoms. The lowest BCUT2D eigenvalue weighted by molar-refractivity contribution is -0.0114. The van der Waals surface area contributed by atoms with E-state index in [-0.39, 0.29) is 12.4 Å². The van der Waals surface area contributed by atoms with Crippen molar-refractivity contribution in [3.63, 3.8) is 0 Å². The number of ketones is 1. The fraction of sp³-hybridized carbons (Fsp3) is 0.278. The number of methoxy groups -OCH3 is 1. The summed E-state index contributed by atoms with van der Waals surface area (Å²) in [6.45, 7) is 0.205. The number of aliphatic hydroxyl groups is 1. The lowest BCUT2D eigenvalue weighted by Gasteiger charge is -2.21. The van der Waals surface area contributed by atoms with Crippen molar-refractivity contribution < 1.29 is 19.4 Å². The Morgan fingerprint density at radius 2 is 1.82 bits per heavy atom. The number of carbonyl (C=O) groups is 1. The van der Waals surface area contributed by atoms with Gasteiger partial charge in [0.2, 0.25) is 0 Å². The number of ether oxygens (including phenoxy) is 2. The van der Waals surface area contributed by atoms with Crippen LogP contribution in [0, 0.1) is 0 Å². The Morgan fingerprint density at radius 3 is 2.55 bits per heavy atom. The van der Waals surface area contributed by atoms with Crippen LogP contribution in [0.25, 0.3) is 0 Å². The highest BCUT2D eigenvalue weighted by atomic mass is 16.6. The lowest BCUT2D eigenvalue weighted by atomic mass is 9.93. The van der Waals surface area contributed by atoms with Crippen molar-refractivity contribution in [2.45, 2.75) is 18.3 Å². The van der Waals surface area contributed by atoms with Crippen LogP contribution in [-0.4, -0.2) is 36.8 Å². The van der Waals surface area contributed by atoms with Crippen LogP contribution in [0.3, 0.4) is 0 Å². The highest BCUT2D eigenvalue weighted by Gasteiger charge is 2.39. The SMILES string of the molecule is CO[C@@H]1[C@@H](c2ccccc2C(=O)c2ccccc2)OC[C@@H]1O. The molecule has 0 bridgehead atoms. The molecule has 0 amide bonds. The van der Waals surface area contributed by atoms with Gasteiger partial charge in [-0.15, -0.1) is 0 Å². The molecule has 1 aliphatic rings. The summed E-state index contributed by atoms with van der Waals surface area (Å²) in [5.41, 5.74) is 1.96. The smallest absolute Gasteiger partial charge is 0.193 e. The Kier molecular flexibility index (Phi) is 4.34. The van der Waals surface area contributed by atoms with Crippen molar-refractivity contribution in [1.29, 1.82) is 0 Å². The summed E-state index contributed by atoms with van der Waals surface area (Å²) >= 11 is 0. The van der Waals surface area contributed by atoms with E-state index in [0.29, 0.717) is 11.1 Å². The first-order valence-electron chi connectivity index (χ1n) is 7.23. The predicted octanol–water partition coefficient (Wildman–Crippen LogP) is 2.36. The normalized spacial score (nSPS) is 24.4. The van der Waals surface area contributed by atoms with Crippen molar-refractivity contribution >= 4 is 5.78 Å². The van der Waals surface area contributed by atoms with E-state index in [9.17, 15) is 9.90 Å². The van der Waals surface area contributed by atoms with Crippen molar-refractivity contribution in [1.82, 2.24) is 0 Å². The van der Waals surface area contributed by atoms with Gasteiger partial charge in [-0.05, 0) is 5.56 Å². The summed E-state index contributed by atoms with van der Waals surface area (Å²) in [6, 6.07) is 16.4. The monoisotopic (exact) mass is 298 g/mol. The number of hydrogen-bond donors (Lipinski definition) is 1. The molecule has 0 radical (unpaired) electrons. The van der Waals surface area contributed by atoms with E-state index in [1.54, 1.807) is 18.2 Å². The van der Waals surface area contributed by atoms with Gasteiger partial charge in [0.1, 0.15) is 18.3 Å².